The second-order valence-electron chi connectivity index (χ2n) is 5.90. The molecular weight excluding hydrogens is 250 g/mol. The van der Waals surface area contributed by atoms with Crippen molar-refractivity contribution in [1.29, 1.82) is 0 Å². The van der Waals surface area contributed by atoms with Crippen molar-refractivity contribution in [3.63, 3.8) is 0 Å². The van der Waals surface area contributed by atoms with Gasteiger partial charge in [-0.1, -0.05) is 44.2 Å². The molecule has 0 aliphatic heterocycles. The number of benzene rings is 1. The lowest BCUT2D eigenvalue weighted by molar-refractivity contribution is -0.143. The van der Waals surface area contributed by atoms with E-state index in [0.29, 0.717) is 18.5 Å². The van der Waals surface area contributed by atoms with Crippen LogP contribution in [-0.2, 0) is 9.53 Å². The van der Waals surface area contributed by atoms with E-state index in [2.05, 4.69) is 32.7 Å². The summed E-state index contributed by atoms with van der Waals surface area (Å²) in [6, 6.07) is 10.3. The van der Waals surface area contributed by atoms with Crippen molar-refractivity contribution in [3.05, 3.63) is 35.9 Å². The summed E-state index contributed by atoms with van der Waals surface area (Å²) in [5.41, 5.74) is 1.02. The molecule has 112 valence electrons. The molecule has 3 nitrogen and oxygen atoms in total. The number of likely N-dealkylation sites (N-methyl/N-ethyl adjacent to an activating group) is 1. The highest BCUT2D eigenvalue weighted by Crippen LogP contribution is 2.20. The van der Waals surface area contributed by atoms with Crippen LogP contribution in [0.1, 0.15) is 38.7 Å². The van der Waals surface area contributed by atoms with E-state index in [0.717, 1.165) is 12.0 Å². The second kappa shape index (κ2) is 8.05. The quantitative estimate of drug-likeness (QED) is 0.716. The number of nitrogens with zero attached hydrogens (tertiary/aromatic N) is 1. The zero-order valence-electron chi connectivity index (χ0n) is 13.3. The molecule has 3 heteroatoms. The van der Waals surface area contributed by atoms with Crippen LogP contribution in [0.5, 0.6) is 0 Å². The summed E-state index contributed by atoms with van der Waals surface area (Å²) in [6.07, 6.45) is 1.12. The van der Waals surface area contributed by atoms with E-state index in [1.165, 1.54) is 7.11 Å². The van der Waals surface area contributed by atoms with Crippen molar-refractivity contribution in [2.24, 2.45) is 5.92 Å². The number of esters is 1. The number of ether oxygens (including phenoxy) is 1. The predicted molar refractivity (Wildman–Crippen MR) is 82.7 cm³/mol. The van der Waals surface area contributed by atoms with Gasteiger partial charge in [-0.15, -0.1) is 0 Å². The maximum atomic E-state index is 12.0. The van der Waals surface area contributed by atoms with Crippen molar-refractivity contribution >= 4 is 5.97 Å². The van der Waals surface area contributed by atoms with E-state index in [1.807, 2.05) is 30.3 Å². The SMILES string of the molecule is COC(=O)C(CN(C)C(C)CC(C)C)c1ccccc1. The number of carbonyl (C=O) groups is 1. The molecule has 2 unspecified atom stereocenters. The minimum absolute atomic E-state index is 0.167. The smallest absolute Gasteiger partial charge is 0.314 e. The summed E-state index contributed by atoms with van der Waals surface area (Å²) in [4.78, 5) is 14.3. The molecule has 1 aromatic carbocycles. The summed E-state index contributed by atoms with van der Waals surface area (Å²) in [5, 5.41) is 0. The van der Waals surface area contributed by atoms with Crippen LogP contribution in [0.2, 0.25) is 0 Å². The maximum absolute atomic E-state index is 12.0. The molecule has 0 spiro atoms. The fourth-order valence-electron chi connectivity index (χ4n) is 2.47. The van der Waals surface area contributed by atoms with Crippen LogP contribution in [0.4, 0.5) is 0 Å². The number of hydrogen-bond acceptors (Lipinski definition) is 3. The van der Waals surface area contributed by atoms with E-state index in [1.54, 1.807) is 0 Å². The molecule has 0 amide bonds. The van der Waals surface area contributed by atoms with Gasteiger partial charge in [0.05, 0.1) is 13.0 Å². The molecule has 0 N–H and O–H groups in total. The van der Waals surface area contributed by atoms with Crippen molar-refractivity contribution in [1.82, 2.24) is 4.90 Å². The second-order valence-corrected chi connectivity index (χ2v) is 5.90. The zero-order valence-corrected chi connectivity index (χ0v) is 13.3. The molecule has 0 radical (unpaired) electrons. The Morgan fingerprint density at radius 3 is 2.30 bits per heavy atom. The lowest BCUT2D eigenvalue weighted by Crippen LogP contribution is -2.36. The van der Waals surface area contributed by atoms with Gasteiger partial charge in [0, 0.05) is 12.6 Å². The molecule has 0 bridgehead atoms. The highest BCUT2D eigenvalue weighted by atomic mass is 16.5. The molecule has 0 fully saturated rings. The standard InChI is InChI=1S/C17H27NO2/c1-13(2)11-14(3)18(4)12-16(17(19)20-5)15-9-7-6-8-10-15/h6-10,13-14,16H,11-12H2,1-5H3. The molecule has 1 rings (SSSR count). The predicted octanol–water partition coefficient (Wildman–Crippen LogP) is 3.31. The molecule has 0 saturated carbocycles. The summed E-state index contributed by atoms with van der Waals surface area (Å²) in [5.74, 6) is 0.265. The molecule has 0 saturated heterocycles. The van der Waals surface area contributed by atoms with Crippen LogP contribution in [0, 0.1) is 5.92 Å². The minimum Gasteiger partial charge on any atom is -0.469 e. The first-order valence-corrected chi connectivity index (χ1v) is 7.28. The third-order valence-electron chi connectivity index (χ3n) is 3.72. The Bertz CT molecular complexity index is 403. The molecule has 1 aromatic rings. The lowest BCUT2D eigenvalue weighted by atomic mass is 9.97. The van der Waals surface area contributed by atoms with E-state index in [-0.39, 0.29) is 11.9 Å². The van der Waals surface area contributed by atoms with Crippen LogP contribution in [-0.4, -0.2) is 37.6 Å². The van der Waals surface area contributed by atoms with Crippen molar-refractivity contribution < 1.29 is 9.53 Å². The number of carbonyl (C=O) groups excluding carboxylic acids is 1. The number of hydrogen-bond donors (Lipinski definition) is 0. The maximum Gasteiger partial charge on any atom is 0.314 e. The van der Waals surface area contributed by atoms with Gasteiger partial charge in [0.15, 0.2) is 0 Å². The molecular formula is C17H27NO2. The Morgan fingerprint density at radius 1 is 1.20 bits per heavy atom. The zero-order chi connectivity index (χ0) is 15.1. The summed E-state index contributed by atoms with van der Waals surface area (Å²) >= 11 is 0. The number of rotatable bonds is 7. The van der Waals surface area contributed by atoms with Crippen LogP contribution >= 0.6 is 0 Å². The molecule has 0 heterocycles. The minimum atomic E-state index is -0.221. The van der Waals surface area contributed by atoms with Gasteiger partial charge in [0.2, 0.25) is 0 Å². The van der Waals surface area contributed by atoms with E-state index in [9.17, 15) is 4.79 Å². The van der Waals surface area contributed by atoms with Crippen molar-refractivity contribution in [3.8, 4) is 0 Å². The Morgan fingerprint density at radius 2 is 1.80 bits per heavy atom. The lowest BCUT2D eigenvalue weighted by Gasteiger charge is -2.29. The molecule has 20 heavy (non-hydrogen) atoms. The van der Waals surface area contributed by atoms with Gasteiger partial charge in [-0.05, 0) is 31.9 Å². The Hall–Kier alpha value is -1.35. The topological polar surface area (TPSA) is 29.5 Å². The number of methoxy groups -OCH3 is 1. The van der Waals surface area contributed by atoms with Gasteiger partial charge in [0.25, 0.3) is 0 Å². The molecule has 2 atom stereocenters. The Kier molecular flexibility index (Phi) is 6.73. The van der Waals surface area contributed by atoms with Crippen LogP contribution in [0.3, 0.4) is 0 Å². The van der Waals surface area contributed by atoms with Gasteiger partial charge in [-0.25, -0.2) is 0 Å². The Balaban J connectivity index is 2.78. The highest BCUT2D eigenvalue weighted by Gasteiger charge is 2.24. The van der Waals surface area contributed by atoms with Gasteiger partial charge in [0.1, 0.15) is 0 Å². The Labute approximate surface area is 122 Å². The summed E-state index contributed by atoms with van der Waals surface area (Å²) in [7, 11) is 3.53. The van der Waals surface area contributed by atoms with Crippen LogP contribution < -0.4 is 0 Å². The first-order chi connectivity index (χ1) is 9.45. The summed E-state index contributed by atoms with van der Waals surface area (Å²) in [6.45, 7) is 7.34. The van der Waals surface area contributed by atoms with E-state index < -0.39 is 0 Å². The first-order valence-electron chi connectivity index (χ1n) is 7.28. The van der Waals surface area contributed by atoms with Crippen molar-refractivity contribution in [2.75, 3.05) is 20.7 Å². The van der Waals surface area contributed by atoms with Gasteiger partial charge >= 0.3 is 5.97 Å². The van der Waals surface area contributed by atoms with Gasteiger partial charge in [-0.2, -0.15) is 0 Å². The largest absolute Gasteiger partial charge is 0.469 e. The third kappa shape index (κ3) is 4.97. The average molecular weight is 277 g/mol. The van der Waals surface area contributed by atoms with E-state index in [4.69, 9.17) is 4.74 Å². The van der Waals surface area contributed by atoms with Crippen molar-refractivity contribution in [2.45, 2.75) is 39.2 Å². The monoisotopic (exact) mass is 277 g/mol. The normalized spacial score (nSPS) is 14.3. The molecule has 0 aromatic heterocycles. The fraction of sp³-hybridized carbons (Fsp3) is 0.588. The highest BCUT2D eigenvalue weighted by molar-refractivity contribution is 5.78. The van der Waals surface area contributed by atoms with E-state index >= 15 is 0 Å². The average Bonchev–Trinajstić information content (AvgIpc) is 2.43. The summed E-state index contributed by atoms with van der Waals surface area (Å²) < 4.78 is 4.96. The third-order valence-corrected chi connectivity index (χ3v) is 3.72. The van der Waals surface area contributed by atoms with Gasteiger partial charge in [-0.3, -0.25) is 4.79 Å². The molecule has 0 aliphatic carbocycles. The molecule has 0 aliphatic rings. The van der Waals surface area contributed by atoms with Gasteiger partial charge < -0.3 is 9.64 Å². The fourth-order valence-corrected chi connectivity index (χ4v) is 2.47. The van der Waals surface area contributed by atoms with Crippen LogP contribution in [0.25, 0.3) is 0 Å². The van der Waals surface area contributed by atoms with Crippen LogP contribution in [0.15, 0.2) is 30.3 Å². The first kappa shape index (κ1) is 16.7.